The molecule has 2 nitrogen and oxygen atoms in total. The molecule has 2 N–H and O–H groups in total. The van der Waals surface area contributed by atoms with Gasteiger partial charge in [-0.05, 0) is 41.8 Å². The summed E-state index contributed by atoms with van der Waals surface area (Å²) < 4.78 is 13.3. The van der Waals surface area contributed by atoms with Crippen LogP contribution in [0.3, 0.4) is 0 Å². The quantitative estimate of drug-likeness (QED) is 0.922. The molecule has 0 amide bonds. The van der Waals surface area contributed by atoms with Gasteiger partial charge in [0.15, 0.2) is 0 Å². The number of nitrogens with zero attached hydrogens (tertiary/aromatic N) is 1. The lowest BCUT2D eigenvalue weighted by molar-refractivity contribution is 0.623. The zero-order valence-corrected chi connectivity index (χ0v) is 10.8. The summed E-state index contributed by atoms with van der Waals surface area (Å²) >= 11 is 6.06. The molecule has 1 aromatic heterocycles. The molecule has 0 saturated heterocycles. The van der Waals surface area contributed by atoms with Crippen LogP contribution in [0, 0.1) is 5.82 Å². The van der Waals surface area contributed by atoms with E-state index in [1.165, 1.54) is 18.2 Å². The number of pyridine rings is 1. The van der Waals surface area contributed by atoms with E-state index in [1.807, 2.05) is 19.1 Å². The molecule has 2 aromatic rings. The Kier molecular flexibility index (Phi) is 3.94. The molecule has 0 aliphatic rings. The smallest absolute Gasteiger partial charge is 0.123 e. The Labute approximate surface area is 111 Å². The summed E-state index contributed by atoms with van der Waals surface area (Å²) in [5.74, 6) is -0.348. The molecule has 4 heteroatoms. The molecule has 1 aromatic carbocycles. The molecule has 0 fully saturated rings. The van der Waals surface area contributed by atoms with E-state index >= 15 is 0 Å². The number of aryl methyl sites for hydroxylation is 1. The maximum absolute atomic E-state index is 13.3. The van der Waals surface area contributed by atoms with E-state index in [0.29, 0.717) is 10.6 Å². The van der Waals surface area contributed by atoms with Crippen molar-refractivity contribution in [3.05, 3.63) is 64.2 Å². The van der Waals surface area contributed by atoms with Crippen LogP contribution in [0.15, 0.2) is 36.5 Å². The Hall–Kier alpha value is -1.45. The number of rotatable bonds is 3. The fraction of sp³-hybridized carbons (Fsp3) is 0.214. The third-order valence-corrected chi connectivity index (χ3v) is 3.24. The maximum Gasteiger partial charge on any atom is 0.123 e. The highest BCUT2D eigenvalue weighted by Gasteiger charge is 2.17. The predicted molar refractivity (Wildman–Crippen MR) is 71.1 cm³/mol. The van der Waals surface area contributed by atoms with Crippen molar-refractivity contribution >= 4 is 11.6 Å². The van der Waals surface area contributed by atoms with E-state index in [-0.39, 0.29) is 5.82 Å². The highest BCUT2D eigenvalue weighted by Crippen LogP contribution is 2.28. The highest BCUT2D eigenvalue weighted by molar-refractivity contribution is 6.31. The van der Waals surface area contributed by atoms with Crippen LogP contribution in [0.25, 0.3) is 0 Å². The van der Waals surface area contributed by atoms with Gasteiger partial charge < -0.3 is 5.73 Å². The summed E-state index contributed by atoms with van der Waals surface area (Å²) in [4.78, 5) is 4.29. The molecule has 2 rings (SSSR count). The van der Waals surface area contributed by atoms with Crippen molar-refractivity contribution in [3.8, 4) is 0 Å². The van der Waals surface area contributed by atoms with Crippen molar-refractivity contribution < 1.29 is 4.39 Å². The first-order valence-corrected chi connectivity index (χ1v) is 6.15. The third kappa shape index (κ3) is 2.52. The molecular formula is C14H14ClFN2. The molecule has 0 bridgehead atoms. The van der Waals surface area contributed by atoms with Gasteiger partial charge in [-0.1, -0.05) is 24.6 Å². The first kappa shape index (κ1) is 13.0. The van der Waals surface area contributed by atoms with Crippen molar-refractivity contribution in [2.45, 2.75) is 19.4 Å². The number of benzene rings is 1. The zero-order valence-electron chi connectivity index (χ0n) is 10.0. The van der Waals surface area contributed by atoms with Gasteiger partial charge in [-0.2, -0.15) is 0 Å². The van der Waals surface area contributed by atoms with Crippen LogP contribution in [-0.4, -0.2) is 4.98 Å². The Balaban J connectivity index is 2.47. The standard InChI is InChI=1S/C14H14ClFN2/c1-2-9-4-3-7-18-14(9)13(17)11-8-10(16)5-6-12(11)15/h3-8,13H,2,17H2,1H3. The van der Waals surface area contributed by atoms with Gasteiger partial charge in [-0.15, -0.1) is 0 Å². The largest absolute Gasteiger partial charge is 0.319 e. The molecule has 0 radical (unpaired) electrons. The second-order valence-electron chi connectivity index (χ2n) is 4.04. The second kappa shape index (κ2) is 5.46. The second-order valence-corrected chi connectivity index (χ2v) is 4.45. The first-order chi connectivity index (χ1) is 8.63. The van der Waals surface area contributed by atoms with Crippen LogP contribution >= 0.6 is 11.6 Å². The van der Waals surface area contributed by atoms with Crippen molar-refractivity contribution in [1.29, 1.82) is 0 Å². The molecule has 18 heavy (non-hydrogen) atoms. The van der Waals surface area contributed by atoms with Crippen molar-refractivity contribution in [1.82, 2.24) is 4.98 Å². The van der Waals surface area contributed by atoms with E-state index in [2.05, 4.69) is 4.98 Å². The van der Waals surface area contributed by atoms with Gasteiger partial charge in [0.2, 0.25) is 0 Å². The van der Waals surface area contributed by atoms with E-state index in [9.17, 15) is 4.39 Å². The first-order valence-electron chi connectivity index (χ1n) is 5.77. The average molecular weight is 265 g/mol. The third-order valence-electron chi connectivity index (χ3n) is 2.89. The number of halogens is 2. The van der Waals surface area contributed by atoms with Gasteiger partial charge in [0, 0.05) is 11.2 Å². The molecule has 1 heterocycles. The van der Waals surface area contributed by atoms with Crippen LogP contribution in [0.4, 0.5) is 4.39 Å². The fourth-order valence-corrected chi connectivity index (χ4v) is 2.17. The van der Waals surface area contributed by atoms with Crippen molar-refractivity contribution in [2.75, 3.05) is 0 Å². The van der Waals surface area contributed by atoms with Crippen LogP contribution in [0.2, 0.25) is 5.02 Å². The van der Waals surface area contributed by atoms with Gasteiger partial charge in [-0.25, -0.2) is 4.39 Å². The molecule has 0 aliphatic heterocycles. The molecule has 0 aliphatic carbocycles. The summed E-state index contributed by atoms with van der Waals surface area (Å²) in [6.45, 7) is 2.03. The maximum atomic E-state index is 13.3. The molecular weight excluding hydrogens is 251 g/mol. The monoisotopic (exact) mass is 264 g/mol. The summed E-state index contributed by atoms with van der Waals surface area (Å²) in [6, 6.07) is 7.52. The summed E-state index contributed by atoms with van der Waals surface area (Å²) in [5, 5.41) is 0.455. The van der Waals surface area contributed by atoms with Crippen LogP contribution in [0.5, 0.6) is 0 Å². The molecule has 94 valence electrons. The minimum atomic E-state index is -0.510. The molecule has 1 unspecified atom stereocenters. The molecule has 1 atom stereocenters. The summed E-state index contributed by atoms with van der Waals surface area (Å²) in [6.07, 6.45) is 2.51. The Bertz CT molecular complexity index is 557. The van der Waals surface area contributed by atoms with Crippen molar-refractivity contribution in [2.24, 2.45) is 5.73 Å². The SMILES string of the molecule is CCc1cccnc1C(N)c1cc(F)ccc1Cl. The van der Waals surface area contributed by atoms with E-state index < -0.39 is 6.04 Å². The minimum Gasteiger partial charge on any atom is -0.319 e. The van der Waals surface area contributed by atoms with E-state index in [0.717, 1.165) is 17.7 Å². The topological polar surface area (TPSA) is 38.9 Å². The Morgan fingerprint density at radius 2 is 2.17 bits per heavy atom. The lowest BCUT2D eigenvalue weighted by atomic mass is 9.99. The van der Waals surface area contributed by atoms with Crippen LogP contribution < -0.4 is 5.73 Å². The molecule has 0 saturated carbocycles. The van der Waals surface area contributed by atoms with E-state index in [4.69, 9.17) is 17.3 Å². The summed E-state index contributed by atoms with van der Waals surface area (Å²) in [5.41, 5.74) is 8.50. The number of hydrogen-bond donors (Lipinski definition) is 1. The fourth-order valence-electron chi connectivity index (χ4n) is 1.93. The average Bonchev–Trinajstić information content (AvgIpc) is 2.40. The number of hydrogen-bond acceptors (Lipinski definition) is 2. The van der Waals surface area contributed by atoms with Crippen LogP contribution in [-0.2, 0) is 6.42 Å². The van der Waals surface area contributed by atoms with Gasteiger partial charge in [0.25, 0.3) is 0 Å². The van der Waals surface area contributed by atoms with Crippen LogP contribution in [0.1, 0.15) is 29.8 Å². The van der Waals surface area contributed by atoms with Gasteiger partial charge in [0.1, 0.15) is 5.82 Å². The molecule has 0 spiro atoms. The minimum absolute atomic E-state index is 0.348. The lowest BCUT2D eigenvalue weighted by Gasteiger charge is -2.16. The lowest BCUT2D eigenvalue weighted by Crippen LogP contribution is -2.16. The zero-order chi connectivity index (χ0) is 13.1. The normalized spacial score (nSPS) is 12.4. The Morgan fingerprint density at radius 3 is 2.89 bits per heavy atom. The predicted octanol–water partition coefficient (Wildman–Crippen LogP) is 3.48. The van der Waals surface area contributed by atoms with Gasteiger partial charge >= 0.3 is 0 Å². The van der Waals surface area contributed by atoms with E-state index in [1.54, 1.807) is 6.20 Å². The summed E-state index contributed by atoms with van der Waals surface area (Å²) in [7, 11) is 0. The van der Waals surface area contributed by atoms with Gasteiger partial charge in [-0.3, -0.25) is 4.98 Å². The van der Waals surface area contributed by atoms with Crippen molar-refractivity contribution in [3.63, 3.8) is 0 Å². The highest BCUT2D eigenvalue weighted by atomic mass is 35.5. The number of aromatic nitrogens is 1. The van der Waals surface area contributed by atoms with Gasteiger partial charge in [0.05, 0.1) is 11.7 Å². The number of nitrogens with two attached hydrogens (primary N) is 1. The Morgan fingerprint density at radius 1 is 1.39 bits per heavy atom.